The van der Waals surface area contributed by atoms with E-state index in [1.54, 1.807) is 11.8 Å². The Kier molecular flexibility index (Phi) is 5.54. The molecular formula is C13H20N2O4. The number of hydrogen-bond acceptors (Lipinski definition) is 3. The molecule has 0 aromatic rings. The van der Waals surface area contributed by atoms with Gasteiger partial charge in [0.1, 0.15) is 0 Å². The number of carbonyl (C=O) groups excluding carboxylic acids is 2. The molecule has 0 saturated carbocycles. The van der Waals surface area contributed by atoms with Crippen LogP contribution < -0.4 is 0 Å². The van der Waals surface area contributed by atoms with Crippen LogP contribution in [0.15, 0.2) is 11.6 Å². The van der Waals surface area contributed by atoms with Gasteiger partial charge in [0.15, 0.2) is 0 Å². The molecule has 6 heteroatoms. The van der Waals surface area contributed by atoms with E-state index in [0.29, 0.717) is 26.1 Å². The molecule has 0 spiro atoms. The number of carboxylic acid groups (broad SMARTS) is 1. The molecule has 0 aliphatic carbocycles. The van der Waals surface area contributed by atoms with Crippen molar-refractivity contribution in [1.29, 1.82) is 0 Å². The van der Waals surface area contributed by atoms with Gasteiger partial charge in [0, 0.05) is 31.8 Å². The minimum Gasteiger partial charge on any atom is -0.478 e. The predicted molar refractivity (Wildman–Crippen MR) is 69.5 cm³/mol. The summed E-state index contributed by atoms with van der Waals surface area (Å²) >= 11 is 0. The number of rotatable bonds is 6. The Morgan fingerprint density at radius 3 is 2.32 bits per heavy atom. The number of amides is 2. The SMILES string of the molecule is CCCN1CCN(C/C=C(/CC)C(=O)O)C(=O)C1=O. The summed E-state index contributed by atoms with van der Waals surface area (Å²) in [7, 11) is 0. The van der Waals surface area contributed by atoms with Gasteiger partial charge in [-0.05, 0) is 12.8 Å². The lowest BCUT2D eigenvalue weighted by Crippen LogP contribution is -2.54. The Morgan fingerprint density at radius 1 is 1.21 bits per heavy atom. The van der Waals surface area contributed by atoms with E-state index in [-0.39, 0.29) is 12.1 Å². The number of hydrogen-bond donors (Lipinski definition) is 1. The van der Waals surface area contributed by atoms with Crippen molar-refractivity contribution in [3.8, 4) is 0 Å². The van der Waals surface area contributed by atoms with E-state index in [1.165, 1.54) is 11.0 Å². The second-order valence-corrected chi connectivity index (χ2v) is 4.43. The topological polar surface area (TPSA) is 77.9 Å². The van der Waals surface area contributed by atoms with Crippen molar-refractivity contribution in [2.24, 2.45) is 0 Å². The van der Waals surface area contributed by atoms with E-state index in [9.17, 15) is 14.4 Å². The van der Waals surface area contributed by atoms with Crippen molar-refractivity contribution in [3.63, 3.8) is 0 Å². The Hall–Kier alpha value is -1.85. The molecule has 0 aromatic heterocycles. The molecule has 0 unspecified atom stereocenters. The molecule has 1 rings (SSSR count). The Labute approximate surface area is 112 Å². The summed E-state index contributed by atoms with van der Waals surface area (Å²) in [6, 6.07) is 0. The van der Waals surface area contributed by atoms with E-state index < -0.39 is 17.8 Å². The predicted octanol–water partition coefficient (Wildman–Crippen LogP) is 0.488. The molecule has 1 aliphatic heterocycles. The molecule has 106 valence electrons. The van der Waals surface area contributed by atoms with Crippen LogP contribution in [-0.2, 0) is 14.4 Å². The molecule has 0 aromatic carbocycles. The lowest BCUT2D eigenvalue weighted by atomic mass is 10.2. The molecule has 2 amide bonds. The van der Waals surface area contributed by atoms with Crippen molar-refractivity contribution in [2.45, 2.75) is 26.7 Å². The summed E-state index contributed by atoms with van der Waals surface area (Å²) in [5.41, 5.74) is 0.260. The van der Waals surface area contributed by atoms with Crippen LogP contribution in [0, 0.1) is 0 Å². The van der Waals surface area contributed by atoms with Crippen molar-refractivity contribution >= 4 is 17.8 Å². The summed E-state index contributed by atoms with van der Waals surface area (Å²) in [6.07, 6.45) is 2.72. The quantitative estimate of drug-likeness (QED) is 0.561. The summed E-state index contributed by atoms with van der Waals surface area (Å²) in [5, 5.41) is 8.89. The zero-order valence-corrected chi connectivity index (χ0v) is 11.4. The van der Waals surface area contributed by atoms with Gasteiger partial charge in [-0.25, -0.2) is 4.79 Å². The minimum atomic E-state index is -0.981. The Morgan fingerprint density at radius 2 is 1.79 bits per heavy atom. The molecular weight excluding hydrogens is 248 g/mol. The maximum absolute atomic E-state index is 11.8. The monoisotopic (exact) mass is 268 g/mol. The van der Waals surface area contributed by atoms with Crippen LogP contribution in [-0.4, -0.2) is 58.9 Å². The van der Waals surface area contributed by atoms with Crippen LogP contribution in [0.2, 0.25) is 0 Å². The van der Waals surface area contributed by atoms with E-state index in [1.807, 2.05) is 6.92 Å². The van der Waals surface area contributed by atoms with Crippen LogP contribution >= 0.6 is 0 Å². The van der Waals surface area contributed by atoms with Crippen molar-refractivity contribution in [2.75, 3.05) is 26.2 Å². The van der Waals surface area contributed by atoms with Gasteiger partial charge >= 0.3 is 17.8 Å². The van der Waals surface area contributed by atoms with Crippen molar-refractivity contribution < 1.29 is 19.5 Å². The molecule has 0 bridgehead atoms. The molecule has 6 nitrogen and oxygen atoms in total. The zero-order chi connectivity index (χ0) is 14.4. The van der Waals surface area contributed by atoms with E-state index in [0.717, 1.165) is 6.42 Å². The smallest absolute Gasteiger partial charge is 0.331 e. The molecule has 1 heterocycles. The second-order valence-electron chi connectivity index (χ2n) is 4.43. The standard InChI is InChI=1S/C13H20N2O4/c1-3-6-14-8-9-15(12(17)11(14)16)7-5-10(4-2)13(18)19/h5H,3-4,6-9H2,1-2H3,(H,18,19)/b10-5-. The van der Waals surface area contributed by atoms with Gasteiger partial charge in [-0.2, -0.15) is 0 Å². The van der Waals surface area contributed by atoms with E-state index in [2.05, 4.69) is 0 Å². The molecule has 0 radical (unpaired) electrons. The first kappa shape index (κ1) is 15.2. The first-order valence-corrected chi connectivity index (χ1v) is 6.51. The fourth-order valence-corrected chi connectivity index (χ4v) is 1.98. The van der Waals surface area contributed by atoms with E-state index in [4.69, 9.17) is 5.11 Å². The number of carboxylic acids is 1. The van der Waals surface area contributed by atoms with Crippen LogP contribution in [0.25, 0.3) is 0 Å². The van der Waals surface area contributed by atoms with Crippen LogP contribution in [0.3, 0.4) is 0 Å². The fourth-order valence-electron chi connectivity index (χ4n) is 1.98. The third-order valence-electron chi connectivity index (χ3n) is 3.10. The molecule has 0 atom stereocenters. The normalized spacial score (nSPS) is 17.1. The van der Waals surface area contributed by atoms with Crippen molar-refractivity contribution in [3.05, 3.63) is 11.6 Å². The highest BCUT2D eigenvalue weighted by Gasteiger charge is 2.31. The highest BCUT2D eigenvalue weighted by atomic mass is 16.4. The number of nitrogens with zero attached hydrogens (tertiary/aromatic N) is 2. The van der Waals surface area contributed by atoms with E-state index >= 15 is 0 Å². The van der Waals surface area contributed by atoms with Gasteiger partial charge in [-0.15, -0.1) is 0 Å². The number of aliphatic carboxylic acids is 1. The molecule has 19 heavy (non-hydrogen) atoms. The Bertz CT molecular complexity index is 403. The third kappa shape index (κ3) is 3.81. The molecule has 1 fully saturated rings. The van der Waals surface area contributed by atoms with Gasteiger partial charge in [0.25, 0.3) is 0 Å². The average Bonchev–Trinajstić information content (AvgIpc) is 2.38. The van der Waals surface area contributed by atoms with Crippen LogP contribution in [0.1, 0.15) is 26.7 Å². The maximum Gasteiger partial charge on any atom is 0.331 e. The molecule has 1 aliphatic rings. The number of carbonyl (C=O) groups is 3. The average molecular weight is 268 g/mol. The largest absolute Gasteiger partial charge is 0.478 e. The van der Waals surface area contributed by atoms with Crippen LogP contribution in [0.4, 0.5) is 0 Å². The zero-order valence-electron chi connectivity index (χ0n) is 11.4. The van der Waals surface area contributed by atoms with Gasteiger partial charge in [0.05, 0.1) is 0 Å². The van der Waals surface area contributed by atoms with Gasteiger partial charge in [-0.1, -0.05) is 19.9 Å². The fraction of sp³-hybridized carbons (Fsp3) is 0.615. The van der Waals surface area contributed by atoms with Gasteiger partial charge in [0.2, 0.25) is 0 Å². The summed E-state index contributed by atoms with van der Waals surface area (Å²) in [4.78, 5) is 37.4. The lowest BCUT2D eigenvalue weighted by molar-refractivity contribution is -0.155. The summed E-state index contributed by atoms with van der Waals surface area (Å²) in [5.74, 6) is -2.02. The Balaban J connectivity index is 2.65. The van der Waals surface area contributed by atoms with Gasteiger partial charge in [-0.3, -0.25) is 9.59 Å². The highest BCUT2D eigenvalue weighted by molar-refractivity contribution is 6.35. The third-order valence-corrected chi connectivity index (χ3v) is 3.10. The summed E-state index contributed by atoms with van der Waals surface area (Å²) in [6.45, 7) is 5.43. The van der Waals surface area contributed by atoms with Crippen LogP contribution in [0.5, 0.6) is 0 Å². The summed E-state index contributed by atoms with van der Waals surface area (Å²) < 4.78 is 0. The van der Waals surface area contributed by atoms with Gasteiger partial charge < -0.3 is 14.9 Å². The molecule has 1 N–H and O–H groups in total. The highest BCUT2D eigenvalue weighted by Crippen LogP contribution is 2.08. The first-order valence-electron chi connectivity index (χ1n) is 6.51. The lowest BCUT2D eigenvalue weighted by Gasteiger charge is -2.33. The number of piperazine rings is 1. The van der Waals surface area contributed by atoms with Crippen molar-refractivity contribution in [1.82, 2.24) is 9.80 Å². The molecule has 1 saturated heterocycles. The first-order chi connectivity index (χ1) is 9.01. The second kappa shape index (κ2) is 6.92. The maximum atomic E-state index is 11.8. The minimum absolute atomic E-state index is 0.181.